The number of amides is 1. The van der Waals surface area contributed by atoms with Crippen LogP contribution in [0.2, 0.25) is 0 Å². The summed E-state index contributed by atoms with van der Waals surface area (Å²) < 4.78 is 16.4. The molecule has 0 saturated carbocycles. The summed E-state index contributed by atoms with van der Waals surface area (Å²) in [5.74, 6) is 1.20. The first-order valence-corrected chi connectivity index (χ1v) is 12.0. The third-order valence-corrected chi connectivity index (χ3v) is 6.82. The Morgan fingerprint density at radius 2 is 1.82 bits per heavy atom. The van der Waals surface area contributed by atoms with Crippen molar-refractivity contribution in [1.82, 2.24) is 15.4 Å². The van der Waals surface area contributed by atoms with Crippen LogP contribution in [0.1, 0.15) is 46.1 Å². The van der Waals surface area contributed by atoms with Crippen LogP contribution < -0.4 is 10.1 Å². The fraction of sp³-hybridized carbons (Fsp3) is 0.407. The standard InChI is InChI=1S/C27H31N3O4/c1-32-23-10-8-20(9-11-23)25(30-12-14-33-15-13-30)18-28-27(31)24-17-26(34-29-24)22-7-6-19-4-2-3-5-21(19)16-22/h6-11,16-17,25H,2-5,12-15,18H2,1H3,(H,28,31)/t25-/m0/s1. The molecule has 0 spiro atoms. The van der Waals surface area contributed by atoms with E-state index in [-0.39, 0.29) is 11.9 Å². The van der Waals surface area contributed by atoms with E-state index < -0.39 is 0 Å². The summed E-state index contributed by atoms with van der Waals surface area (Å²) >= 11 is 0. The van der Waals surface area contributed by atoms with Crippen molar-refractivity contribution in [3.63, 3.8) is 0 Å². The molecular formula is C27H31N3O4. The Morgan fingerprint density at radius 3 is 2.59 bits per heavy atom. The van der Waals surface area contributed by atoms with Crippen LogP contribution in [-0.4, -0.2) is 55.9 Å². The molecule has 34 heavy (non-hydrogen) atoms. The smallest absolute Gasteiger partial charge is 0.273 e. The Morgan fingerprint density at radius 1 is 1.06 bits per heavy atom. The average Bonchev–Trinajstić information content (AvgIpc) is 3.40. The number of aromatic nitrogens is 1. The topological polar surface area (TPSA) is 76.8 Å². The molecule has 2 heterocycles. The first-order chi connectivity index (χ1) is 16.7. The summed E-state index contributed by atoms with van der Waals surface area (Å²) in [6, 6.07) is 16.2. The monoisotopic (exact) mass is 461 g/mol. The number of methoxy groups -OCH3 is 1. The van der Waals surface area contributed by atoms with Gasteiger partial charge in [0.05, 0.1) is 26.4 Å². The fourth-order valence-corrected chi connectivity index (χ4v) is 4.86. The van der Waals surface area contributed by atoms with E-state index in [0.717, 1.165) is 42.8 Å². The van der Waals surface area contributed by atoms with E-state index >= 15 is 0 Å². The molecule has 2 aromatic carbocycles. The molecule has 1 fully saturated rings. The van der Waals surface area contributed by atoms with E-state index in [1.807, 2.05) is 12.1 Å². The number of ether oxygens (including phenoxy) is 2. The number of benzene rings is 2. The van der Waals surface area contributed by atoms with Gasteiger partial charge in [-0.3, -0.25) is 9.69 Å². The lowest BCUT2D eigenvalue weighted by molar-refractivity contribution is 0.0162. The van der Waals surface area contributed by atoms with Gasteiger partial charge >= 0.3 is 0 Å². The van der Waals surface area contributed by atoms with Gasteiger partial charge in [-0.25, -0.2) is 0 Å². The molecular weight excluding hydrogens is 430 g/mol. The SMILES string of the molecule is COc1ccc([C@H](CNC(=O)c2cc(-c3ccc4c(c3)CCCC4)on2)N2CCOCC2)cc1. The van der Waals surface area contributed by atoms with E-state index in [9.17, 15) is 4.79 Å². The van der Waals surface area contributed by atoms with Crippen LogP contribution in [0.3, 0.4) is 0 Å². The van der Waals surface area contributed by atoms with Gasteiger partial charge in [-0.2, -0.15) is 0 Å². The van der Waals surface area contributed by atoms with Gasteiger partial charge in [0.2, 0.25) is 0 Å². The zero-order valence-electron chi connectivity index (χ0n) is 19.6. The highest BCUT2D eigenvalue weighted by Gasteiger charge is 2.24. The quantitative estimate of drug-likeness (QED) is 0.573. The zero-order valence-corrected chi connectivity index (χ0v) is 19.6. The normalized spacial score (nSPS) is 17.1. The minimum Gasteiger partial charge on any atom is -0.497 e. The molecule has 0 bridgehead atoms. The van der Waals surface area contributed by atoms with Crippen LogP contribution in [0.5, 0.6) is 5.75 Å². The minimum absolute atomic E-state index is 0.0331. The molecule has 1 amide bonds. The van der Waals surface area contributed by atoms with E-state index in [1.165, 1.54) is 24.0 Å². The Balaban J connectivity index is 1.28. The van der Waals surface area contributed by atoms with Crippen LogP contribution in [0.4, 0.5) is 0 Å². The van der Waals surface area contributed by atoms with Crippen LogP contribution in [-0.2, 0) is 17.6 Å². The highest BCUT2D eigenvalue weighted by atomic mass is 16.5. The molecule has 1 N–H and O–H groups in total. The van der Waals surface area contributed by atoms with Crippen LogP contribution in [0.25, 0.3) is 11.3 Å². The predicted molar refractivity (Wildman–Crippen MR) is 129 cm³/mol. The van der Waals surface area contributed by atoms with Gasteiger partial charge in [-0.15, -0.1) is 0 Å². The zero-order chi connectivity index (χ0) is 23.3. The number of hydrogen-bond acceptors (Lipinski definition) is 6. The number of carbonyl (C=O) groups is 1. The maximum Gasteiger partial charge on any atom is 0.273 e. The molecule has 5 rings (SSSR count). The summed E-state index contributed by atoms with van der Waals surface area (Å²) in [5.41, 5.74) is 5.18. The Kier molecular flexibility index (Phi) is 6.92. The van der Waals surface area contributed by atoms with Gasteiger partial charge in [0.1, 0.15) is 5.75 Å². The summed E-state index contributed by atoms with van der Waals surface area (Å²) in [4.78, 5) is 15.3. The Labute approximate surface area is 200 Å². The molecule has 7 nitrogen and oxygen atoms in total. The largest absolute Gasteiger partial charge is 0.497 e. The van der Waals surface area contributed by atoms with Crippen molar-refractivity contribution in [1.29, 1.82) is 0 Å². The number of fused-ring (bicyclic) bond motifs is 1. The first kappa shape index (κ1) is 22.6. The molecule has 0 unspecified atom stereocenters. The van der Waals surface area contributed by atoms with Gasteiger partial charge in [0.15, 0.2) is 11.5 Å². The predicted octanol–water partition coefficient (Wildman–Crippen LogP) is 4.03. The molecule has 1 atom stereocenters. The Bertz CT molecular complexity index is 1120. The molecule has 2 aliphatic rings. The fourth-order valence-electron chi connectivity index (χ4n) is 4.86. The van der Waals surface area contributed by atoms with Crippen molar-refractivity contribution in [2.24, 2.45) is 0 Å². The number of hydrogen-bond donors (Lipinski definition) is 1. The summed E-state index contributed by atoms with van der Waals surface area (Å²) in [6.07, 6.45) is 4.71. The lowest BCUT2D eigenvalue weighted by Gasteiger charge is -2.34. The van der Waals surface area contributed by atoms with Crippen molar-refractivity contribution in [2.45, 2.75) is 31.7 Å². The van der Waals surface area contributed by atoms with Crippen molar-refractivity contribution in [3.8, 4) is 17.1 Å². The van der Waals surface area contributed by atoms with Gasteiger partial charge < -0.3 is 19.3 Å². The maximum absolute atomic E-state index is 12.9. The lowest BCUT2D eigenvalue weighted by atomic mass is 9.90. The van der Waals surface area contributed by atoms with Gasteiger partial charge in [0.25, 0.3) is 5.91 Å². The molecule has 7 heteroatoms. The molecule has 0 radical (unpaired) electrons. The lowest BCUT2D eigenvalue weighted by Crippen LogP contribution is -2.43. The third kappa shape index (κ3) is 5.00. The highest BCUT2D eigenvalue weighted by molar-refractivity contribution is 5.93. The molecule has 3 aromatic rings. The third-order valence-electron chi connectivity index (χ3n) is 6.82. The van der Waals surface area contributed by atoms with Crippen molar-refractivity contribution < 1.29 is 18.8 Å². The number of rotatable bonds is 7. The second-order valence-electron chi connectivity index (χ2n) is 8.91. The second kappa shape index (κ2) is 10.4. The molecule has 1 saturated heterocycles. The van der Waals surface area contributed by atoms with Gasteiger partial charge in [-0.05, 0) is 60.6 Å². The molecule has 1 aliphatic carbocycles. The van der Waals surface area contributed by atoms with E-state index in [4.69, 9.17) is 14.0 Å². The van der Waals surface area contributed by atoms with E-state index in [1.54, 1.807) is 13.2 Å². The van der Waals surface area contributed by atoms with Gasteiger partial charge in [-0.1, -0.05) is 29.4 Å². The van der Waals surface area contributed by atoms with Crippen LogP contribution in [0, 0.1) is 0 Å². The van der Waals surface area contributed by atoms with Gasteiger partial charge in [0, 0.05) is 31.3 Å². The summed E-state index contributed by atoms with van der Waals surface area (Å²) in [7, 11) is 1.66. The molecule has 1 aliphatic heterocycles. The van der Waals surface area contributed by atoms with E-state index in [0.29, 0.717) is 31.2 Å². The number of nitrogens with one attached hydrogen (secondary N) is 1. The van der Waals surface area contributed by atoms with E-state index in [2.05, 4.69) is 45.7 Å². The maximum atomic E-state index is 12.9. The number of morpholine rings is 1. The molecule has 1 aromatic heterocycles. The summed E-state index contributed by atoms with van der Waals surface area (Å²) in [5, 5.41) is 7.12. The Hall–Kier alpha value is -3.16. The van der Waals surface area contributed by atoms with Crippen molar-refractivity contribution in [3.05, 3.63) is 70.9 Å². The first-order valence-electron chi connectivity index (χ1n) is 12.0. The number of aryl methyl sites for hydroxylation is 2. The number of carbonyl (C=O) groups excluding carboxylic acids is 1. The molecule has 178 valence electrons. The average molecular weight is 462 g/mol. The second-order valence-corrected chi connectivity index (χ2v) is 8.91. The van der Waals surface area contributed by atoms with Crippen LogP contribution in [0.15, 0.2) is 53.1 Å². The number of nitrogens with zero attached hydrogens (tertiary/aromatic N) is 2. The van der Waals surface area contributed by atoms with Crippen molar-refractivity contribution in [2.75, 3.05) is 40.0 Å². The van der Waals surface area contributed by atoms with Crippen molar-refractivity contribution >= 4 is 5.91 Å². The highest BCUT2D eigenvalue weighted by Crippen LogP contribution is 2.28. The van der Waals surface area contributed by atoms with Crippen LogP contribution >= 0.6 is 0 Å². The summed E-state index contributed by atoms with van der Waals surface area (Å²) in [6.45, 7) is 3.48. The minimum atomic E-state index is -0.236.